The largest absolute Gasteiger partial charge is 0.488 e. The van der Waals surface area contributed by atoms with Gasteiger partial charge in [0.25, 0.3) is 0 Å². The number of allylic oxidation sites excluding steroid dienone is 4. The normalized spacial score (nSPS) is 19.4. The minimum Gasteiger partial charge on any atom is -0.423 e. The summed E-state index contributed by atoms with van der Waals surface area (Å²) in [4.78, 5) is 0. The molecule has 0 aromatic carbocycles. The van der Waals surface area contributed by atoms with E-state index in [1.165, 1.54) is 0 Å². The molecule has 0 aromatic rings. The second-order valence-corrected chi connectivity index (χ2v) is 7.96. The molecule has 0 aliphatic heterocycles. The molecule has 1 atom stereocenters. The molecule has 0 saturated carbocycles. The summed E-state index contributed by atoms with van der Waals surface area (Å²) in [5.41, 5.74) is 2.62. The monoisotopic (exact) mass is 453 g/mol. The van der Waals surface area contributed by atoms with E-state index in [-0.39, 0.29) is 0 Å². The first-order valence-electron chi connectivity index (χ1n) is 10.7. The molecular formula is C20H33B2NO7S. The number of ether oxygens (including phenoxy) is 2. The molecule has 0 fully saturated rings. The molecule has 172 valence electrons. The number of thiol groups is 1. The lowest BCUT2D eigenvalue weighted by molar-refractivity contribution is -0.0673. The molecule has 0 saturated heterocycles. The molecule has 0 bridgehead atoms. The van der Waals surface area contributed by atoms with Crippen LogP contribution in [0.5, 0.6) is 0 Å². The van der Waals surface area contributed by atoms with Crippen LogP contribution >= 0.6 is 12.9 Å². The van der Waals surface area contributed by atoms with Crippen molar-refractivity contribution in [3.05, 3.63) is 46.4 Å². The standard InChI is InChI=1S/C20H33B2NO7S/c1-16-6-8-18(20(9-7-16)22(26)27)15-29-13-11-23(30-31)10-12-28-14-17-4-2-3-5-19(17)21(24)25/h4-5,8-9,16,24-27,31H,2-3,6-7,10-15H2,1H3. The lowest BCUT2D eigenvalue weighted by Crippen LogP contribution is -2.29. The van der Waals surface area contributed by atoms with E-state index < -0.39 is 14.2 Å². The molecule has 31 heavy (non-hydrogen) atoms. The van der Waals surface area contributed by atoms with Crippen molar-refractivity contribution in [3.8, 4) is 0 Å². The lowest BCUT2D eigenvalue weighted by Gasteiger charge is -2.20. The van der Waals surface area contributed by atoms with Crippen LogP contribution in [0.3, 0.4) is 0 Å². The van der Waals surface area contributed by atoms with Crippen molar-refractivity contribution in [2.75, 3.05) is 39.5 Å². The van der Waals surface area contributed by atoms with E-state index in [4.69, 9.17) is 13.8 Å². The van der Waals surface area contributed by atoms with Gasteiger partial charge in [0.15, 0.2) is 0 Å². The van der Waals surface area contributed by atoms with E-state index in [0.717, 1.165) is 36.8 Å². The highest BCUT2D eigenvalue weighted by Gasteiger charge is 2.22. The van der Waals surface area contributed by atoms with Crippen LogP contribution in [0.15, 0.2) is 46.4 Å². The fraction of sp³-hybridized carbons (Fsp3) is 0.600. The van der Waals surface area contributed by atoms with Crippen LogP contribution in [0.4, 0.5) is 0 Å². The first kappa shape index (κ1) is 26.4. The fourth-order valence-corrected chi connectivity index (χ4v) is 3.64. The Morgan fingerprint density at radius 1 is 0.871 bits per heavy atom. The van der Waals surface area contributed by atoms with Gasteiger partial charge in [-0.05, 0) is 66.6 Å². The van der Waals surface area contributed by atoms with Crippen LogP contribution in [0, 0.1) is 5.92 Å². The number of hydrogen-bond donors (Lipinski definition) is 5. The van der Waals surface area contributed by atoms with Crippen LogP contribution in [-0.2, 0) is 13.8 Å². The smallest absolute Gasteiger partial charge is 0.423 e. The first-order valence-corrected chi connectivity index (χ1v) is 11.0. The summed E-state index contributed by atoms with van der Waals surface area (Å²) >= 11 is 3.87. The third kappa shape index (κ3) is 9.25. The SMILES string of the molecule is CC1CC=C(COCCN(CCOCC2=CCCC=C2B(O)O)OS)C(B(O)O)=CC1. The van der Waals surface area contributed by atoms with Crippen LogP contribution in [0.2, 0.25) is 0 Å². The van der Waals surface area contributed by atoms with E-state index in [1.54, 1.807) is 5.06 Å². The van der Waals surface area contributed by atoms with Gasteiger partial charge in [-0.2, -0.15) is 5.06 Å². The van der Waals surface area contributed by atoms with Crippen molar-refractivity contribution in [1.29, 1.82) is 0 Å². The third-order valence-corrected chi connectivity index (χ3v) is 5.56. The van der Waals surface area contributed by atoms with Gasteiger partial charge >= 0.3 is 14.2 Å². The van der Waals surface area contributed by atoms with Crippen molar-refractivity contribution in [3.63, 3.8) is 0 Å². The summed E-state index contributed by atoms with van der Waals surface area (Å²) < 4.78 is 16.4. The molecule has 2 rings (SSSR count). The van der Waals surface area contributed by atoms with Crippen LogP contribution < -0.4 is 0 Å². The maximum Gasteiger partial charge on any atom is 0.488 e. The highest BCUT2D eigenvalue weighted by atomic mass is 32.1. The van der Waals surface area contributed by atoms with Gasteiger partial charge in [0.1, 0.15) is 0 Å². The number of hydrogen-bond acceptors (Lipinski definition) is 9. The molecule has 0 heterocycles. The van der Waals surface area contributed by atoms with Gasteiger partial charge in [-0.1, -0.05) is 31.2 Å². The Balaban J connectivity index is 1.68. The molecule has 11 heteroatoms. The Hall–Kier alpha value is -0.880. The second kappa shape index (κ2) is 14.3. The van der Waals surface area contributed by atoms with Gasteiger partial charge in [0, 0.05) is 13.1 Å². The predicted molar refractivity (Wildman–Crippen MR) is 124 cm³/mol. The first-order chi connectivity index (χ1) is 14.9. The van der Waals surface area contributed by atoms with E-state index in [0.29, 0.717) is 56.4 Å². The zero-order chi connectivity index (χ0) is 22.6. The molecule has 0 amide bonds. The molecule has 8 nitrogen and oxygen atoms in total. The van der Waals surface area contributed by atoms with Crippen molar-refractivity contribution in [1.82, 2.24) is 5.06 Å². The zero-order valence-electron chi connectivity index (χ0n) is 18.0. The lowest BCUT2D eigenvalue weighted by atomic mass is 9.72. The van der Waals surface area contributed by atoms with Crippen molar-refractivity contribution < 1.29 is 33.9 Å². The van der Waals surface area contributed by atoms with Crippen LogP contribution in [0.1, 0.15) is 32.6 Å². The summed E-state index contributed by atoms with van der Waals surface area (Å²) in [5.74, 6) is 0.455. The minimum absolute atomic E-state index is 0.292. The molecular weight excluding hydrogens is 420 g/mol. The molecule has 4 N–H and O–H groups in total. The van der Waals surface area contributed by atoms with E-state index >= 15 is 0 Å². The molecule has 0 radical (unpaired) electrons. The van der Waals surface area contributed by atoms with E-state index in [9.17, 15) is 20.1 Å². The zero-order valence-corrected chi connectivity index (χ0v) is 18.9. The number of rotatable bonds is 13. The number of hydroxylamine groups is 2. The maximum absolute atomic E-state index is 9.61. The molecule has 1 unspecified atom stereocenters. The van der Waals surface area contributed by atoms with Crippen molar-refractivity contribution in [2.24, 2.45) is 5.92 Å². The fourth-order valence-electron chi connectivity index (χ4n) is 3.48. The van der Waals surface area contributed by atoms with E-state index in [1.807, 2.05) is 24.3 Å². The van der Waals surface area contributed by atoms with E-state index in [2.05, 4.69) is 19.8 Å². The van der Waals surface area contributed by atoms with Crippen LogP contribution in [0.25, 0.3) is 0 Å². The molecule has 0 aromatic heterocycles. The van der Waals surface area contributed by atoms with Gasteiger partial charge in [-0.15, -0.1) is 0 Å². The molecule has 2 aliphatic carbocycles. The second-order valence-electron chi connectivity index (χ2n) is 7.79. The predicted octanol–water partition coefficient (Wildman–Crippen LogP) is 1.05. The number of nitrogens with zero attached hydrogens (tertiary/aromatic N) is 1. The van der Waals surface area contributed by atoms with Gasteiger partial charge in [-0.3, -0.25) is 0 Å². The molecule has 2 aliphatic rings. The Labute approximate surface area is 190 Å². The van der Waals surface area contributed by atoms with Gasteiger partial charge in [-0.25, -0.2) is 4.28 Å². The topological polar surface area (TPSA) is 112 Å². The van der Waals surface area contributed by atoms with Crippen molar-refractivity contribution in [2.45, 2.75) is 32.6 Å². The van der Waals surface area contributed by atoms with Gasteiger partial charge in [0.05, 0.1) is 26.4 Å². The minimum atomic E-state index is -1.50. The Morgan fingerprint density at radius 2 is 1.39 bits per heavy atom. The summed E-state index contributed by atoms with van der Waals surface area (Å²) in [7, 11) is -2.99. The highest BCUT2D eigenvalue weighted by Crippen LogP contribution is 2.23. The average Bonchev–Trinajstić information content (AvgIpc) is 2.94. The van der Waals surface area contributed by atoms with Crippen molar-refractivity contribution >= 4 is 27.1 Å². The van der Waals surface area contributed by atoms with Gasteiger partial charge in [0.2, 0.25) is 0 Å². The summed E-state index contributed by atoms with van der Waals surface area (Å²) in [6.45, 7) is 4.37. The van der Waals surface area contributed by atoms with Gasteiger partial charge < -0.3 is 29.6 Å². The molecule has 0 spiro atoms. The maximum atomic E-state index is 9.61. The third-order valence-electron chi connectivity index (χ3n) is 5.33. The quantitative estimate of drug-likeness (QED) is 0.0926. The summed E-state index contributed by atoms with van der Waals surface area (Å²) in [6.07, 6.45) is 11.0. The summed E-state index contributed by atoms with van der Waals surface area (Å²) in [6, 6.07) is 0. The van der Waals surface area contributed by atoms with Crippen LogP contribution in [-0.4, -0.2) is 78.9 Å². The Bertz CT molecular complexity index is 682. The Kier molecular flexibility index (Phi) is 12.2. The Morgan fingerprint density at radius 3 is 1.97 bits per heavy atom. The highest BCUT2D eigenvalue weighted by molar-refractivity contribution is 7.75. The average molecular weight is 453 g/mol. The summed E-state index contributed by atoms with van der Waals surface area (Å²) in [5, 5.41) is 39.7.